The molecule has 1 aliphatic rings. The summed E-state index contributed by atoms with van der Waals surface area (Å²) in [5.41, 5.74) is 0.523. The zero-order chi connectivity index (χ0) is 20.4. The van der Waals surface area contributed by atoms with Gasteiger partial charge in [-0.1, -0.05) is 31.4 Å². The van der Waals surface area contributed by atoms with E-state index in [0.29, 0.717) is 12.2 Å². The summed E-state index contributed by atoms with van der Waals surface area (Å²) in [5, 5.41) is 36.1. The Balaban J connectivity index is 0.000000387. The zero-order valence-corrected chi connectivity index (χ0v) is 15.8. The number of rotatable bonds is 6. The van der Waals surface area contributed by atoms with Crippen LogP contribution in [0.25, 0.3) is 0 Å². The molecular weight excluding hydrogens is 350 g/mol. The summed E-state index contributed by atoms with van der Waals surface area (Å²) in [5.74, 6) is -2.12. The van der Waals surface area contributed by atoms with Crippen LogP contribution in [-0.4, -0.2) is 63.5 Å². The quantitative estimate of drug-likeness (QED) is 0.561. The number of hydrogen-bond acceptors (Lipinski definition) is 5. The Kier molecular flexibility index (Phi) is 8.97. The van der Waals surface area contributed by atoms with E-state index in [1.165, 1.54) is 6.42 Å². The van der Waals surface area contributed by atoms with Crippen molar-refractivity contribution in [2.75, 3.05) is 20.6 Å². The van der Waals surface area contributed by atoms with Crippen LogP contribution in [0.3, 0.4) is 0 Å². The van der Waals surface area contributed by atoms with Crippen LogP contribution < -0.4 is 0 Å². The van der Waals surface area contributed by atoms with Gasteiger partial charge in [0.15, 0.2) is 0 Å². The minimum atomic E-state index is -1.26. The van der Waals surface area contributed by atoms with Crippen molar-refractivity contribution >= 4 is 11.9 Å². The fourth-order valence-electron chi connectivity index (χ4n) is 3.31. The molecule has 1 aliphatic carbocycles. The van der Waals surface area contributed by atoms with Gasteiger partial charge in [-0.05, 0) is 44.6 Å². The Morgan fingerprint density at radius 1 is 1.04 bits per heavy atom. The normalized spacial score (nSPS) is 17.2. The molecule has 1 aromatic carbocycles. The van der Waals surface area contributed by atoms with E-state index in [1.54, 1.807) is 12.1 Å². The van der Waals surface area contributed by atoms with Crippen LogP contribution in [0.15, 0.2) is 36.4 Å². The third-order valence-corrected chi connectivity index (χ3v) is 4.58. The summed E-state index contributed by atoms with van der Waals surface area (Å²) in [4.78, 5) is 21.2. The van der Waals surface area contributed by atoms with E-state index >= 15 is 0 Å². The molecule has 7 heteroatoms. The predicted octanol–water partition coefficient (Wildman–Crippen LogP) is 2.44. The van der Waals surface area contributed by atoms with Gasteiger partial charge < -0.3 is 25.3 Å². The number of aliphatic carboxylic acids is 2. The average Bonchev–Trinajstić information content (AvgIpc) is 2.60. The smallest absolute Gasteiger partial charge is 0.328 e. The van der Waals surface area contributed by atoms with Gasteiger partial charge in [-0.15, -0.1) is 0 Å². The molecule has 4 N–H and O–H groups in total. The lowest BCUT2D eigenvalue weighted by Gasteiger charge is -2.40. The number of phenolic OH excluding ortho intramolecular Hbond substituents is 1. The number of carbonyl (C=O) groups is 2. The molecule has 1 saturated carbocycles. The Hall–Kier alpha value is -2.38. The van der Waals surface area contributed by atoms with E-state index in [9.17, 15) is 19.8 Å². The van der Waals surface area contributed by atoms with E-state index < -0.39 is 17.5 Å². The van der Waals surface area contributed by atoms with Gasteiger partial charge in [-0.25, -0.2) is 9.59 Å². The van der Waals surface area contributed by atoms with E-state index in [4.69, 9.17) is 10.2 Å². The number of hydrogen-bond donors (Lipinski definition) is 4. The van der Waals surface area contributed by atoms with Crippen LogP contribution in [0.1, 0.15) is 43.6 Å². The molecule has 2 rings (SSSR count). The largest absolute Gasteiger partial charge is 0.508 e. The summed E-state index contributed by atoms with van der Waals surface area (Å²) in [6, 6.07) is 7.31. The number of likely N-dealkylation sites (N-methyl/N-ethyl adjacent to an activating group) is 1. The van der Waals surface area contributed by atoms with Crippen LogP contribution in [-0.2, 0) is 9.59 Å². The van der Waals surface area contributed by atoms with Crippen LogP contribution in [0.2, 0.25) is 0 Å². The number of aromatic hydroxyl groups is 1. The van der Waals surface area contributed by atoms with Gasteiger partial charge in [0, 0.05) is 24.6 Å². The van der Waals surface area contributed by atoms with E-state index in [-0.39, 0.29) is 11.7 Å². The second kappa shape index (κ2) is 10.7. The van der Waals surface area contributed by atoms with Crippen molar-refractivity contribution in [3.8, 4) is 5.75 Å². The number of nitrogens with zero attached hydrogens (tertiary/aromatic N) is 1. The Morgan fingerprint density at radius 2 is 1.52 bits per heavy atom. The van der Waals surface area contributed by atoms with Crippen LogP contribution >= 0.6 is 0 Å². The number of benzene rings is 1. The van der Waals surface area contributed by atoms with Gasteiger partial charge >= 0.3 is 11.9 Å². The summed E-state index contributed by atoms with van der Waals surface area (Å²) in [6.07, 6.45) is 6.33. The molecule has 0 saturated heterocycles. The first-order valence-electron chi connectivity index (χ1n) is 8.94. The summed E-state index contributed by atoms with van der Waals surface area (Å²) in [6.45, 7) is 0.835. The SMILES string of the molecule is CN(C)CC(c1ccc(O)cc1)C1(O)CCCCC1.O=C(O)C=CC(=O)O. The van der Waals surface area contributed by atoms with Gasteiger partial charge in [0.25, 0.3) is 0 Å². The average molecular weight is 379 g/mol. The van der Waals surface area contributed by atoms with E-state index in [2.05, 4.69) is 4.90 Å². The van der Waals surface area contributed by atoms with Crippen LogP contribution in [0, 0.1) is 0 Å². The van der Waals surface area contributed by atoms with Crippen molar-refractivity contribution in [2.24, 2.45) is 0 Å². The molecule has 0 aromatic heterocycles. The second-order valence-corrected chi connectivity index (χ2v) is 7.08. The van der Waals surface area contributed by atoms with Crippen molar-refractivity contribution in [3.63, 3.8) is 0 Å². The lowest BCUT2D eigenvalue weighted by atomic mass is 9.72. The number of aliphatic hydroxyl groups is 1. The molecule has 1 unspecified atom stereocenters. The highest BCUT2D eigenvalue weighted by atomic mass is 16.4. The maximum Gasteiger partial charge on any atom is 0.328 e. The Morgan fingerprint density at radius 3 is 1.93 bits per heavy atom. The third-order valence-electron chi connectivity index (χ3n) is 4.58. The second-order valence-electron chi connectivity index (χ2n) is 7.08. The first-order valence-corrected chi connectivity index (χ1v) is 8.94. The van der Waals surface area contributed by atoms with E-state index in [0.717, 1.165) is 37.8 Å². The molecule has 7 nitrogen and oxygen atoms in total. The highest BCUT2D eigenvalue weighted by Crippen LogP contribution is 2.40. The molecular formula is C20H29NO6. The lowest BCUT2D eigenvalue weighted by Crippen LogP contribution is -2.42. The van der Waals surface area contributed by atoms with E-state index in [1.807, 2.05) is 26.2 Å². The van der Waals surface area contributed by atoms with Crippen molar-refractivity contribution in [1.82, 2.24) is 4.90 Å². The highest BCUT2D eigenvalue weighted by molar-refractivity contribution is 5.89. The molecule has 1 fully saturated rings. The Labute approximate surface area is 159 Å². The molecule has 1 atom stereocenters. The lowest BCUT2D eigenvalue weighted by molar-refractivity contribution is -0.134. The third kappa shape index (κ3) is 8.23. The molecule has 0 radical (unpaired) electrons. The fraction of sp³-hybridized carbons (Fsp3) is 0.500. The number of phenols is 1. The fourth-order valence-corrected chi connectivity index (χ4v) is 3.31. The summed E-state index contributed by atoms with van der Waals surface area (Å²) < 4.78 is 0. The summed E-state index contributed by atoms with van der Waals surface area (Å²) in [7, 11) is 4.08. The predicted molar refractivity (Wildman–Crippen MR) is 102 cm³/mol. The van der Waals surface area contributed by atoms with Crippen LogP contribution in [0.5, 0.6) is 5.75 Å². The molecule has 150 valence electrons. The minimum Gasteiger partial charge on any atom is -0.508 e. The molecule has 0 spiro atoms. The molecule has 0 bridgehead atoms. The maximum absolute atomic E-state index is 11.0. The van der Waals surface area contributed by atoms with Gasteiger partial charge in [0.05, 0.1) is 5.60 Å². The topological polar surface area (TPSA) is 118 Å². The minimum absolute atomic E-state index is 0.114. The first-order chi connectivity index (χ1) is 12.6. The monoisotopic (exact) mass is 379 g/mol. The maximum atomic E-state index is 11.0. The van der Waals surface area contributed by atoms with Crippen molar-refractivity contribution < 1.29 is 30.0 Å². The molecule has 1 aromatic rings. The van der Waals surface area contributed by atoms with Gasteiger partial charge in [-0.3, -0.25) is 0 Å². The molecule has 0 aliphatic heterocycles. The first kappa shape index (κ1) is 22.7. The number of carboxylic acids is 2. The zero-order valence-electron chi connectivity index (χ0n) is 15.8. The van der Waals surface area contributed by atoms with Crippen molar-refractivity contribution in [3.05, 3.63) is 42.0 Å². The van der Waals surface area contributed by atoms with Gasteiger partial charge in [0.2, 0.25) is 0 Å². The van der Waals surface area contributed by atoms with Gasteiger partial charge in [-0.2, -0.15) is 0 Å². The molecule has 0 heterocycles. The molecule has 27 heavy (non-hydrogen) atoms. The van der Waals surface area contributed by atoms with Gasteiger partial charge in [0.1, 0.15) is 5.75 Å². The standard InChI is InChI=1S/C16H25NO2.C4H4O4/c1-17(2)12-15(13-6-8-14(18)9-7-13)16(19)10-4-3-5-11-16;5-3(6)1-2-4(7)8/h6-9,15,18-19H,3-5,10-12H2,1-2H3;1-2H,(H,5,6)(H,7,8). The van der Waals surface area contributed by atoms with Crippen molar-refractivity contribution in [1.29, 1.82) is 0 Å². The molecule has 0 amide bonds. The van der Waals surface area contributed by atoms with Crippen molar-refractivity contribution in [2.45, 2.75) is 43.6 Å². The highest BCUT2D eigenvalue weighted by Gasteiger charge is 2.38. The summed E-state index contributed by atoms with van der Waals surface area (Å²) >= 11 is 0. The van der Waals surface area contributed by atoms with Crippen LogP contribution in [0.4, 0.5) is 0 Å². The Bertz CT molecular complexity index is 616. The number of carboxylic acid groups (broad SMARTS) is 2.